The first-order valence-corrected chi connectivity index (χ1v) is 7.50. The maximum atomic E-state index is 5.89. The number of benzene rings is 2. The average molecular weight is 318 g/mol. The standard InChI is InChI=1S/C19H23NO.ClH/c1-20-15-7-8-16-21-19-12-6-5-11-18(19)14-13-17-9-3-2-4-10-17;/h2-6,9-14,20H,7-8,15-16H2,1H3;1H/b14-13+;. The first kappa shape index (κ1) is 18.3. The van der Waals surface area contributed by atoms with Gasteiger partial charge in [-0.25, -0.2) is 0 Å². The van der Waals surface area contributed by atoms with Gasteiger partial charge in [0.15, 0.2) is 0 Å². The molecule has 22 heavy (non-hydrogen) atoms. The Morgan fingerprint density at radius 3 is 2.41 bits per heavy atom. The molecule has 0 aromatic heterocycles. The summed E-state index contributed by atoms with van der Waals surface area (Å²) >= 11 is 0. The minimum Gasteiger partial charge on any atom is -0.493 e. The molecule has 0 atom stereocenters. The van der Waals surface area contributed by atoms with Crippen LogP contribution in [0.15, 0.2) is 54.6 Å². The Morgan fingerprint density at radius 1 is 0.909 bits per heavy atom. The van der Waals surface area contributed by atoms with Gasteiger partial charge >= 0.3 is 0 Å². The summed E-state index contributed by atoms with van der Waals surface area (Å²) in [6, 6.07) is 18.5. The minimum atomic E-state index is 0. The summed E-state index contributed by atoms with van der Waals surface area (Å²) < 4.78 is 5.89. The molecule has 0 heterocycles. The van der Waals surface area contributed by atoms with Crippen molar-refractivity contribution in [1.29, 1.82) is 0 Å². The molecule has 0 bridgehead atoms. The number of hydrogen-bond donors (Lipinski definition) is 1. The lowest BCUT2D eigenvalue weighted by Gasteiger charge is -2.09. The van der Waals surface area contributed by atoms with Crippen LogP contribution in [0.2, 0.25) is 0 Å². The monoisotopic (exact) mass is 317 g/mol. The van der Waals surface area contributed by atoms with Crippen molar-refractivity contribution < 1.29 is 4.74 Å². The van der Waals surface area contributed by atoms with Crippen LogP contribution in [0.1, 0.15) is 24.0 Å². The van der Waals surface area contributed by atoms with Crippen LogP contribution >= 0.6 is 12.4 Å². The van der Waals surface area contributed by atoms with Gasteiger partial charge in [-0.2, -0.15) is 0 Å². The fraction of sp³-hybridized carbons (Fsp3) is 0.263. The molecule has 2 aromatic rings. The van der Waals surface area contributed by atoms with Crippen LogP contribution in [0.3, 0.4) is 0 Å². The Balaban J connectivity index is 0.00000242. The largest absolute Gasteiger partial charge is 0.493 e. The fourth-order valence-electron chi connectivity index (χ4n) is 2.09. The van der Waals surface area contributed by atoms with Crippen LogP contribution in [-0.4, -0.2) is 20.2 Å². The molecule has 2 rings (SSSR count). The third-order valence-corrected chi connectivity index (χ3v) is 3.25. The van der Waals surface area contributed by atoms with E-state index >= 15 is 0 Å². The average Bonchev–Trinajstić information content (AvgIpc) is 2.55. The molecule has 0 unspecified atom stereocenters. The summed E-state index contributed by atoms with van der Waals surface area (Å²) in [6.07, 6.45) is 6.43. The summed E-state index contributed by atoms with van der Waals surface area (Å²) in [5.41, 5.74) is 2.32. The van der Waals surface area contributed by atoms with E-state index in [2.05, 4.69) is 35.7 Å². The number of unbranched alkanes of at least 4 members (excludes halogenated alkanes) is 1. The number of para-hydroxylation sites is 1. The van der Waals surface area contributed by atoms with Crippen molar-refractivity contribution in [2.24, 2.45) is 0 Å². The molecule has 0 fully saturated rings. The summed E-state index contributed by atoms with van der Waals surface area (Å²) in [4.78, 5) is 0. The lowest BCUT2D eigenvalue weighted by atomic mass is 10.1. The Hall–Kier alpha value is -1.77. The zero-order chi connectivity index (χ0) is 14.8. The van der Waals surface area contributed by atoms with Crippen molar-refractivity contribution in [3.63, 3.8) is 0 Å². The smallest absolute Gasteiger partial charge is 0.126 e. The van der Waals surface area contributed by atoms with E-state index in [1.54, 1.807) is 0 Å². The van der Waals surface area contributed by atoms with E-state index in [4.69, 9.17) is 4.74 Å². The Bertz CT molecular complexity index is 554. The third-order valence-electron chi connectivity index (χ3n) is 3.25. The zero-order valence-electron chi connectivity index (χ0n) is 13.0. The van der Waals surface area contributed by atoms with Crippen LogP contribution in [0.4, 0.5) is 0 Å². The van der Waals surface area contributed by atoms with E-state index in [1.165, 1.54) is 5.56 Å². The van der Waals surface area contributed by atoms with E-state index in [9.17, 15) is 0 Å². The van der Waals surface area contributed by atoms with Crippen molar-refractivity contribution in [1.82, 2.24) is 5.32 Å². The van der Waals surface area contributed by atoms with E-state index in [0.29, 0.717) is 0 Å². The number of ether oxygens (including phenoxy) is 1. The van der Waals surface area contributed by atoms with E-state index in [0.717, 1.165) is 37.3 Å². The highest BCUT2D eigenvalue weighted by atomic mass is 35.5. The molecule has 2 nitrogen and oxygen atoms in total. The predicted molar refractivity (Wildman–Crippen MR) is 97.7 cm³/mol. The van der Waals surface area contributed by atoms with Crippen molar-refractivity contribution in [3.8, 4) is 5.75 Å². The highest BCUT2D eigenvalue weighted by Crippen LogP contribution is 2.21. The normalized spacial score (nSPS) is 10.4. The van der Waals surface area contributed by atoms with Gasteiger partial charge in [-0.1, -0.05) is 60.7 Å². The van der Waals surface area contributed by atoms with E-state index in [-0.39, 0.29) is 12.4 Å². The summed E-state index contributed by atoms with van der Waals surface area (Å²) in [5.74, 6) is 0.953. The molecular formula is C19H24ClNO. The molecule has 2 aromatic carbocycles. The topological polar surface area (TPSA) is 21.3 Å². The molecule has 0 amide bonds. The fourth-order valence-corrected chi connectivity index (χ4v) is 2.09. The van der Waals surface area contributed by atoms with Gasteiger partial charge in [-0.05, 0) is 38.1 Å². The Morgan fingerprint density at radius 2 is 1.64 bits per heavy atom. The maximum absolute atomic E-state index is 5.89. The molecular weight excluding hydrogens is 294 g/mol. The number of rotatable bonds is 8. The summed E-state index contributed by atoms with van der Waals surface area (Å²) in [7, 11) is 1.98. The zero-order valence-corrected chi connectivity index (χ0v) is 13.8. The predicted octanol–water partition coefficient (Wildman–Crippen LogP) is 4.66. The second-order valence-corrected chi connectivity index (χ2v) is 4.94. The van der Waals surface area contributed by atoms with Gasteiger partial charge in [0.05, 0.1) is 6.61 Å². The van der Waals surface area contributed by atoms with Crippen LogP contribution in [0, 0.1) is 0 Å². The van der Waals surface area contributed by atoms with Gasteiger partial charge in [0.25, 0.3) is 0 Å². The second kappa shape index (κ2) is 10.9. The first-order chi connectivity index (χ1) is 10.4. The second-order valence-electron chi connectivity index (χ2n) is 4.94. The molecule has 0 aliphatic heterocycles. The molecule has 0 spiro atoms. The van der Waals surface area contributed by atoms with Crippen molar-refractivity contribution in [2.75, 3.05) is 20.2 Å². The highest BCUT2D eigenvalue weighted by Gasteiger charge is 1.99. The maximum Gasteiger partial charge on any atom is 0.126 e. The quantitative estimate of drug-likeness (QED) is 0.565. The molecule has 0 aliphatic carbocycles. The van der Waals surface area contributed by atoms with Crippen LogP contribution in [0.25, 0.3) is 12.2 Å². The van der Waals surface area contributed by atoms with E-state index < -0.39 is 0 Å². The molecule has 118 valence electrons. The van der Waals surface area contributed by atoms with Gasteiger partial charge in [-0.15, -0.1) is 12.4 Å². The van der Waals surface area contributed by atoms with Crippen molar-refractivity contribution >= 4 is 24.6 Å². The van der Waals surface area contributed by atoms with Crippen molar-refractivity contribution in [3.05, 3.63) is 65.7 Å². The van der Waals surface area contributed by atoms with Gasteiger partial charge in [0.1, 0.15) is 5.75 Å². The molecule has 0 aliphatic rings. The summed E-state index contributed by atoms with van der Waals surface area (Å²) in [5, 5.41) is 3.15. The lowest BCUT2D eigenvalue weighted by molar-refractivity contribution is 0.306. The van der Waals surface area contributed by atoms with Gasteiger partial charge in [0, 0.05) is 5.56 Å². The highest BCUT2D eigenvalue weighted by molar-refractivity contribution is 5.85. The van der Waals surface area contributed by atoms with Gasteiger partial charge < -0.3 is 10.1 Å². The van der Waals surface area contributed by atoms with Crippen LogP contribution < -0.4 is 10.1 Å². The van der Waals surface area contributed by atoms with Crippen LogP contribution in [0.5, 0.6) is 5.75 Å². The number of nitrogens with one attached hydrogen (secondary N) is 1. The molecule has 0 saturated heterocycles. The third kappa shape index (κ3) is 6.33. The Labute approximate surface area is 139 Å². The SMILES string of the molecule is CNCCCCOc1ccccc1/C=C/c1ccccc1.Cl. The molecule has 3 heteroatoms. The molecule has 0 radical (unpaired) electrons. The lowest BCUT2D eigenvalue weighted by Crippen LogP contribution is -2.09. The summed E-state index contributed by atoms with van der Waals surface area (Å²) in [6.45, 7) is 1.80. The number of hydrogen-bond acceptors (Lipinski definition) is 2. The van der Waals surface area contributed by atoms with Crippen molar-refractivity contribution in [2.45, 2.75) is 12.8 Å². The number of halogens is 1. The van der Waals surface area contributed by atoms with Gasteiger partial charge in [0.2, 0.25) is 0 Å². The minimum absolute atomic E-state index is 0. The van der Waals surface area contributed by atoms with Gasteiger partial charge in [-0.3, -0.25) is 0 Å². The van der Waals surface area contributed by atoms with E-state index in [1.807, 2.05) is 43.4 Å². The molecule has 1 N–H and O–H groups in total. The first-order valence-electron chi connectivity index (χ1n) is 7.50. The Kier molecular flexibility index (Phi) is 9.04. The molecule has 0 saturated carbocycles. The van der Waals surface area contributed by atoms with Crippen LogP contribution in [-0.2, 0) is 0 Å².